The minimum absolute atomic E-state index is 0.111. The van der Waals surface area contributed by atoms with Gasteiger partial charge in [0.25, 0.3) is 5.91 Å². The summed E-state index contributed by atoms with van der Waals surface area (Å²) in [4.78, 5) is 34.3. The molecular weight excluding hydrogens is 428 g/mol. The molecule has 0 aliphatic carbocycles. The van der Waals surface area contributed by atoms with E-state index in [1.165, 1.54) is 4.90 Å². The monoisotopic (exact) mass is 456 g/mol. The quantitative estimate of drug-likeness (QED) is 0.619. The average molecular weight is 457 g/mol. The Bertz CT molecular complexity index is 1100. The molecule has 0 bridgehead atoms. The number of urea groups is 1. The van der Waals surface area contributed by atoms with Crippen LogP contribution >= 0.6 is 0 Å². The summed E-state index contributed by atoms with van der Waals surface area (Å²) >= 11 is 0. The van der Waals surface area contributed by atoms with Crippen LogP contribution in [0.15, 0.2) is 42.5 Å². The van der Waals surface area contributed by atoms with E-state index in [2.05, 4.69) is 4.90 Å². The summed E-state index contributed by atoms with van der Waals surface area (Å²) in [6.45, 7) is 5.87. The largest absolute Gasteiger partial charge is 0.327 e. The van der Waals surface area contributed by atoms with Crippen molar-refractivity contribution in [1.82, 2.24) is 19.7 Å². The van der Waals surface area contributed by atoms with E-state index < -0.39 is 9.84 Å². The second kappa shape index (κ2) is 8.99. The van der Waals surface area contributed by atoms with Gasteiger partial charge in [-0.15, -0.1) is 0 Å². The van der Waals surface area contributed by atoms with Crippen LogP contribution in [0.4, 0.5) is 4.79 Å². The number of carbonyl (C=O) groups excluding carboxylic acids is 2. The van der Waals surface area contributed by atoms with Crippen molar-refractivity contribution in [3.05, 3.63) is 53.7 Å². The Morgan fingerprint density at radius 1 is 0.969 bits per heavy atom. The SMILES string of the molecule is CC(C)N1C(=O)CN(Cc2ccc(-c3cccc(CN4CCS(=O)(=O)CC4)n3)cc2)C1=O. The summed E-state index contributed by atoms with van der Waals surface area (Å²) in [6, 6.07) is 13.3. The summed E-state index contributed by atoms with van der Waals surface area (Å²) in [6.07, 6.45) is 0. The van der Waals surface area contributed by atoms with Crippen molar-refractivity contribution in [2.45, 2.75) is 33.0 Å². The Kier molecular flexibility index (Phi) is 6.30. The molecule has 2 aliphatic rings. The number of rotatable bonds is 6. The molecule has 0 unspecified atom stereocenters. The number of hydrogen-bond acceptors (Lipinski definition) is 6. The van der Waals surface area contributed by atoms with E-state index in [1.807, 2.05) is 56.3 Å². The number of benzene rings is 1. The first kappa shape index (κ1) is 22.4. The van der Waals surface area contributed by atoms with Gasteiger partial charge in [-0.05, 0) is 31.5 Å². The van der Waals surface area contributed by atoms with Crippen LogP contribution in [0, 0.1) is 0 Å². The number of hydrogen-bond donors (Lipinski definition) is 0. The van der Waals surface area contributed by atoms with Crippen LogP contribution in [0.3, 0.4) is 0 Å². The fourth-order valence-electron chi connectivity index (χ4n) is 4.07. The van der Waals surface area contributed by atoms with Gasteiger partial charge in [0.05, 0.1) is 22.9 Å². The molecule has 0 spiro atoms. The Hall–Kier alpha value is -2.78. The molecule has 2 fully saturated rings. The van der Waals surface area contributed by atoms with E-state index in [9.17, 15) is 18.0 Å². The van der Waals surface area contributed by atoms with Crippen molar-refractivity contribution in [1.29, 1.82) is 0 Å². The number of amides is 3. The van der Waals surface area contributed by atoms with E-state index in [0.717, 1.165) is 22.5 Å². The minimum Gasteiger partial charge on any atom is -0.311 e. The highest BCUT2D eigenvalue weighted by Crippen LogP contribution is 2.21. The van der Waals surface area contributed by atoms with E-state index in [0.29, 0.717) is 26.2 Å². The third-order valence-electron chi connectivity index (χ3n) is 5.84. The topological polar surface area (TPSA) is 90.9 Å². The Balaban J connectivity index is 1.41. The van der Waals surface area contributed by atoms with Gasteiger partial charge < -0.3 is 4.90 Å². The molecule has 2 aliphatic heterocycles. The van der Waals surface area contributed by atoms with Gasteiger partial charge in [0.15, 0.2) is 9.84 Å². The maximum Gasteiger partial charge on any atom is 0.327 e. The van der Waals surface area contributed by atoms with Crippen molar-refractivity contribution in [3.63, 3.8) is 0 Å². The van der Waals surface area contributed by atoms with Gasteiger partial charge in [-0.2, -0.15) is 0 Å². The van der Waals surface area contributed by atoms with Gasteiger partial charge in [-0.3, -0.25) is 19.6 Å². The highest BCUT2D eigenvalue weighted by Gasteiger charge is 2.37. The lowest BCUT2D eigenvalue weighted by molar-refractivity contribution is -0.126. The van der Waals surface area contributed by atoms with Crippen molar-refractivity contribution < 1.29 is 18.0 Å². The number of imide groups is 1. The smallest absolute Gasteiger partial charge is 0.311 e. The molecule has 2 aromatic rings. The predicted molar refractivity (Wildman–Crippen MR) is 121 cm³/mol. The molecule has 3 heterocycles. The normalized spacial score (nSPS) is 19.2. The fraction of sp³-hybridized carbons (Fsp3) is 0.435. The molecule has 8 nitrogen and oxygen atoms in total. The highest BCUT2D eigenvalue weighted by atomic mass is 32.2. The summed E-state index contributed by atoms with van der Waals surface area (Å²) in [5.74, 6) is 0.247. The fourth-order valence-corrected chi connectivity index (χ4v) is 5.34. The van der Waals surface area contributed by atoms with Crippen molar-refractivity contribution in [2.24, 2.45) is 0 Å². The summed E-state index contributed by atoms with van der Waals surface area (Å²) in [5, 5.41) is 0. The van der Waals surface area contributed by atoms with Gasteiger partial charge >= 0.3 is 6.03 Å². The van der Waals surface area contributed by atoms with Crippen LogP contribution in [0.5, 0.6) is 0 Å². The summed E-state index contributed by atoms with van der Waals surface area (Å²) < 4.78 is 23.2. The molecular formula is C23H28N4O4S. The molecule has 3 amide bonds. The molecule has 4 rings (SSSR count). The second-order valence-electron chi connectivity index (χ2n) is 8.64. The number of aromatic nitrogens is 1. The predicted octanol–water partition coefficient (Wildman–Crippen LogP) is 2.15. The van der Waals surface area contributed by atoms with Crippen molar-refractivity contribution in [2.75, 3.05) is 31.1 Å². The van der Waals surface area contributed by atoms with Gasteiger partial charge in [0.1, 0.15) is 6.54 Å². The lowest BCUT2D eigenvalue weighted by Crippen LogP contribution is -2.39. The molecule has 1 aromatic carbocycles. The number of nitrogens with zero attached hydrogens (tertiary/aromatic N) is 4. The minimum atomic E-state index is -2.89. The molecule has 170 valence electrons. The van der Waals surface area contributed by atoms with Crippen LogP contribution in [-0.4, -0.2) is 77.2 Å². The number of sulfone groups is 1. The Morgan fingerprint density at radius 3 is 2.28 bits per heavy atom. The van der Waals surface area contributed by atoms with Gasteiger partial charge in [-0.25, -0.2) is 13.2 Å². The standard InChI is InChI=1S/C23H28N4O4S/c1-17(2)27-22(28)16-26(23(27)29)14-18-6-8-19(9-7-18)21-5-3-4-20(24-21)15-25-10-12-32(30,31)13-11-25/h3-9,17H,10-16H2,1-2H3. The van der Waals surface area contributed by atoms with Crippen LogP contribution in [-0.2, 0) is 27.7 Å². The van der Waals surface area contributed by atoms with Crippen LogP contribution in [0.1, 0.15) is 25.1 Å². The maximum atomic E-state index is 12.5. The van der Waals surface area contributed by atoms with E-state index in [1.54, 1.807) is 4.90 Å². The molecule has 9 heteroatoms. The molecule has 32 heavy (non-hydrogen) atoms. The van der Waals surface area contributed by atoms with Gasteiger partial charge in [-0.1, -0.05) is 30.3 Å². The van der Waals surface area contributed by atoms with Gasteiger partial charge in [0, 0.05) is 37.8 Å². The number of carbonyl (C=O) groups is 2. The maximum absolute atomic E-state index is 12.5. The molecule has 0 atom stereocenters. The second-order valence-corrected chi connectivity index (χ2v) is 10.9. The zero-order valence-corrected chi connectivity index (χ0v) is 19.2. The van der Waals surface area contributed by atoms with Crippen LogP contribution < -0.4 is 0 Å². The molecule has 1 aromatic heterocycles. The van der Waals surface area contributed by atoms with E-state index in [4.69, 9.17) is 4.98 Å². The molecule has 2 saturated heterocycles. The van der Waals surface area contributed by atoms with Crippen LogP contribution in [0.2, 0.25) is 0 Å². The average Bonchev–Trinajstić information content (AvgIpc) is 3.03. The zero-order valence-electron chi connectivity index (χ0n) is 18.4. The first-order valence-electron chi connectivity index (χ1n) is 10.8. The Labute approximate surface area is 188 Å². The number of pyridine rings is 1. The zero-order chi connectivity index (χ0) is 22.9. The van der Waals surface area contributed by atoms with Crippen LogP contribution in [0.25, 0.3) is 11.3 Å². The third-order valence-corrected chi connectivity index (χ3v) is 7.45. The van der Waals surface area contributed by atoms with Gasteiger partial charge in [0.2, 0.25) is 0 Å². The first-order valence-corrected chi connectivity index (χ1v) is 12.6. The van der Waals surface area contributed by atoms with E-state index >= 15 is 0 Å². The first-order chi connectivity index (χ1) is 15.2. The third kappa shape index (κ3) is 4.99. The molecule has 0 N–H and O–H groups in total. The Morgan fingerprint density at radius 2 is 1.66 bits per heavy atom. The van der Waals surface area contributed by atoms with Crippen molar-refractivity contribution >= 4 is 21.8 Å². The molecule has 0 saturated carbocycles. The highest BCUT2D eigenvalue weighted by molar-refractivity contribution is 7.91. The summed E-state index contributed by atoms with van der Waals surface area (Å²) in [5.41, 5.74) is 3.66. The van der Waals surface area contributed by atoms with E-state index in [-0.39, 0.29) is 36.0 Å². The van der Waals surface area contributed by atoms with Crippen molar-refractivity contribution in [3.8, 4) is 11.3 Å². The summed E-state index contributed by atoms with van der Waals surface area (Å²) in [7, 11) is -2.89. The lowest BCUT2D eigenvalue weighted by atomic mass is 10.1. The lowest BCUT2D eigenvalue weighted by Gasteiger charge is -2.26. The molecule has 0 radical (unpaired) electrons.